The van der Waals surface area contributed by atoms with Gasteiger partial charge in [-0.2, -0.15) is 0 Å². The zero-order chi connectivity index (χ0) is 11.1. The van der Waals surface area contributed by atoms with Gasteiger partial charge in [0.15, 0.2) is 0 Å². The van der Waals surface area contributed by atoms with Crippen LogP contribution in [0.1, 0.15) is 26.3 Å². The quantitative estimate of drug-likeness (QED) is 0.778. The van der Waals surface area contributed by atoms with Gasteiger partial charge in [0.25, 0.3) is 0 Å². The molecule has 0 aliphatic heterocycles. The SMILES string of the molecule is CCOc1ccc(CNCC(C)C)cn1. The fourth-order valence-corrected chi connectivity index (χ4v) is 1.25. The minimum Gasteiger partial charge on any atom is -0.478 e. The molecule has 3 nitrogen and oxygen atoms in total. The zero-order valence-corrected chi connectivity index (χ0v) is 9.79. The Morgan fingerprint density at radius 3 is 2.73 bits per heavy atom. The predicted octanol–water partition coefficient (Wildman–Crippen LogP) is 2.23. The molecule has 0 aliphatic carbocycles. The fourth-order valence-electron chi connectivity index (χ4n) is 1.25. The van der Waals surface area contributed by atoms with E-state index in [4.69, 9.17) is 4.74 Å². The summed E-state index contributed by atoms with van der Waals surface area (Å²) in [5, 5.41) is 3.37. The third-order valence-electron chi connectivity index (χ3n) is 1.97. The van der Waals surface area contributed by atoms with Crippen molar-refractivity contribution in [2.75, 3.05) is 13.2 Å². The molecule has 0 saturated heterocycles. The molecule has 0 fully saturated rings. The number of hydrogen-bond acceptors (Lipinski definition) is 3. The summed E-state index contributed by atoms with van der Waals surface area (Å²) in [6, 6.07) is 3.96. The molecule has 0 saturated carbocycles. The smallest absolute Gasteiger partial charge is 0.213 e. The van der Waals surface area contributed by atoms with Crippen molar-refractivity contribution in [1.82, 2.24) is 10.3 Å². The van der Waals surface area contributed by atoms with Crippen molar-refractivity contribution in [2.45, 2.75) is 27.3 Å². The topological polar surface area (TPSA) is 34.1 Å². The number of nitrogens with zero attached hydrogens (tertiary/aromatic N) is 1. The van der Waals surface area contributed by atoms with Crippen LogP contribution in [0.4, 0.5) is 0 Å². The van der Waals surface area contributed by atoms with E-state index in [1.807, 2.05) is 25.3 Å². The Labute approximate surface area is 91.9 Å². The minimum absolute atomic E-state index is 0.665. The average Bonchev–Trinajstić information content (AvgIpc) is 2.20. The van der Waals surface area contributed by atoms with Crippen molar-refractivity contribution < 1.29 is 4.74 Å². The average molecular weight is 208 g/mol. The molecule has 0 spiro atoms. The lowest BCUT2D eigenvalue weighted by molar-refractivity contribution is 0.326. The maximum Gasteiger partial charge on any atom is 0.213 e. The summed E-state index contributed by atoms with van der Waals surface area (Å²) < 4.78 is 5.27. The van der Waals surface area contributed by atoms with Gasteiger partial charge in [-0.25, -0.2) is 4.98 Å². The Morgan fingerprint density at radius 2 is 2.20 bits per heavy atom. The first-order valence-corrected chi connectivity index (χ1v) is 5.50. The lowest BCUT2D eigenvalue weighted by atomic mass is 10.2. The molecule has 0 radical (unpaired) electrons. The summed E-state index contributed by atoms with van der Waals surface area (Å²) in [7, 11) is 0. The first kappa shape index (κ1) is 12.0. The van der Waals surface area contributed by atoms with Gasteiger partial charge in [-0.1, -0.05) is 19.9 Å². The van der Waals surface area contributed by atoms with Gasteiger partial charge in [0.1, 0.15) is 0 Å². The largest absolute Gasteiger partial charge is 0.478 e. The molecular weight excluding hydrogens is 188 g/mol. The van der Waals surface area contributed by atoms with Crippen LogP contribution < -0.4 is 10.1 Å². The molecule has 84 valence electrons. The molecule has 1 aromatic rings. The summed E-state index contributed by atoms with van der Waals surface area (Å²) in [5.74, 6) is 1.38. The molecular formula is C12H20N2O. The van der Waals surface area contributed by atoms with E-state index in [1.165, 1.54) is 5.56 Å². The van der Waals surface area contributed by atoms with Crippen molar-refractivity contribution in [2.24, 2.45) is 5.92 Å². The standard InChI is InChI=1S/C12H20N2O/c1-4-15-12-6-5-11(9-14-12)8-13-7-10(2)3/h5-6,9-10,13H,4,7-8H2,1-3H3. The third-order valence-corrected chi connectivity index (χ3v) is 1.97. The molecule has 1 rings (SSSR count). The highest BCUT2D eigenvalue weighted by molar-refractivity contribution is 5.17. The molecule has 3 heteroatoms. The van der Waals surface area contributed by atoms with E-state index in [0.29, 0.717) is 18.4 Å². The van der Waals surface area contributed by atoms with E-state index in [-0.39, 0.29) is 0 Å². The fraction of sp³-hybridized carbons (Fsp3) is 0.583. The number of rotatable bonds is 6. The van der Waals surface area contributed by atoms with E-state index in [0.717, 1.165) is 13.1 Å². The number of hydrogen-bond donors (Lipinski definition) is 1. The molecule has 0 amide bonds. The van der Waals surface area contributed by atoms with E-state index in [1.54, 1.807) is 0 Å². The second kappa shape index (κ2) is 6.40. The van der Waals surface area contributed by atoms with Gasteiger partial charge in [-0.3, -0.25) is 0 Å². The van der Waals surface area contributed by atoms with Gasteiger partial charge < -0.3 is 10.1 Å². The van der Waals surface area contributed by atoms with Crippen LogP contribution in [0.5, 0.6) is 5.88 Å². The zero-order valence-electron chi connectivity index (χ0n) is 9.79. The molecule has 1 heterocycles. The summed E-state index contributed by atoms with van der Waals surface area (Å²) in [4.78, 5) is 4.20. The van der Waals surface area contributed by atoms with Crippen molar-refractivity contribution in [3.8, 4) is 5.88 Å². The van der Waals surface area contributed by atoms with E-state index >= 15 is 0 Å². The second-order valence-corrected chi connectivity index (χ2v) is 3.96. The lowest BCUT2D eigenvalue weighted by Gasteiger charge is -2.07. The van der Waals surface area contributed by atoms with Crippen molar-refractivity contribution in [1.29, 1.82) is 0 Å². The van der Waals surface area contributed by atoms with Crippen LogP contribution in [0.25, 0.3) is 0 Å². The first-order chi connectivity index (χ1) is 7.22. The van der Waals surface area contributed by atoms with Crippen LogP contribution in [0.15, 0.2) is 18.3 Å². The Hall–Kier alpha value is -1.09. The Bertz CT molecular complexity index is 269. The molecule has 1 aromatic heterocycles. The number of ether oxygens (including phenoxy) is 1. The first-order valence-electron chi connectivity index (χ1n) is 5.50. The normalized spacial score (nSPS) is 10.7. The van der Waals surface area contributed by atoms with Gasteiger partial charge >= 0.3 is 0 Å². The minimum atomic E-state index is 0.665. The van der Waals surface area contributed by atoms with Crippen LogP contribution in [-0.2, 0) is 6.54 Å². The maximum absolute atomic E-state index is 5.27. The van der Waals surface area contributed by atoms with E-state index in [2.05, 4.69) is 24.1 Å². The molecule has 0 atom stereocenters. The van der Waals surface area contributed by atoms with Crippen molar-refractivity contribution in [3.63, 3.8) is 0 Å². The molecule has 1 N–H and O–H groups in total. The summed E-state index contributed by atoms with van der Waals surface area (Å²) >= 11 is 0. The van der Waals surface area contributed by atoms with Crippen LogP contribution in [0.2, 0.25) is 0 Å². The van der Waals surface area contributed by atoms with Crippen LogP contribution in [0, 0.1) is 5.92 Å². The summed E-state index contributed by atoms with van der Waals surface area (Å²) in [6.07, 6.45) is 1.86. The molecule has 0 unspecified atom stereocenters. The van der Waals surface area contributed by atoms with Crippen LogP contribution in [0.3, 0.4) is 0 Å². The van der Waals surface area contributed by atoms with Gasteiger partial charge in [-0.05, 0) is 24.9 Å². The van der Waals surface area contributed by atoms with Crippen LogP contribution in [-0.4, -0.2) is 18.1 Å². The molecule has 0 aliphatic rings. The monoisotopic (exact) mass is 208 g/mol. The molecule has 0 aromatic carbocycles. The van der Waals surface area contributed by atoms with Gasteiger partial charge in [0.05, 0.1) is 6.61 Å². The van der Waals surface area contributed by atoms with Gasteiger partial charge in [-0.15, -0.1) is 0 Å². The lowest BCUT2D eigenvalue weighted by Crippen LogP contribution is -2.18. The number of aromatic nitrogens is 1. The Kier molecular flexibility index (Phi) is 5.12. The van der Waals surface area contributed by atoms with Crippen molar-refractivity contribution in [3.05, 3.63) is 23.9 Å². The van der Waals surface area contributed by atoms with E-state index in [9.17, 15) is 0 Å². The highest BCUT2D eigenvalue weighted by atomic mass is 16.5. The summed E-state index contributed by atoms with van der Waals surface area (Å²) in [5.41, 5.74) is 1.19. The number of nitrogens with one attached hydrogen (secondary N) is 1. The highest BCUT2D eigenvalue weighted by Gasteiger charge is 1.97. The van der Waals surface area contributed by atoms with Gasteiger partial charge in [0, 0.05) is 18.8 Å². The van der Waals surface area contributed by atoms with Crippen LogP contribution >= 0.6 is 0 Å². The summed E-state index contributed by atoms with van der Waals surface area (Å²) in [6.45, 7) is 8.93. The highest BCUT2D eigenvalue weighted by Crippen LogP contribution is 2.07. The number of pyridine rings is 1. The maximum atomic E-state index is 5.27. The third kappa shape index (κ3) is 4.79. The molecule has 0 bridgehead atoms. The van der Waals surface area contributed by atoms with Gasteiger partial charge in [0.2, 0.25) is 5.88 Å². The van der Waals surface area contributed by atoms with Crippen molar-refractivity contribution >= 4 is 0 Å². The predicted molar refractivity (Wildman–Crippen MR) is 62.0 cm³/mol. The van der Waals surface area contributed by atoms with E-state index < -0.39 is 0 Å². The molecule has 15 heavy (non-hydrogen) atoms. The second-order valence-electron chi connectivity index (χ2n) is 3.96. The Balaban J connectivity index is 2.36. The Morgan fingerprint density at radius 1 is 1.40 bits per heavy atom.